The van der Waals surface area contributed by atoms with Gasteiger partial charge in [0.2, 0.25) is 12.3 Å². The predicted molar refractivity (Wildman–Crippen MR) is 168 cm³/mol. The summed E-state index contributed by atoms with van der Waals surface area (Å²) in [7, 11) is 1.65. The Morgan fingerprint density at radius 1 is 1.16 bits per heavy atom. The fourth-order valence-electron chi connectivity index (χ4n) is 5.38. The summed E-state index contributed by atoms with van der Waals surface area (Å²) in [4.78, 5) is 49.3. The molecule has 11 heteroatoms. The van der Waals surface area contributed by atoms with E-state index in [0.717, 1.165) is 0 Å². The van der Waals surface area contributed by atoms with E-state index < -0.39 is 5.82 Å². The number of aromatic nitrogens is 3. The van der Waals surface area contributed by atoms with Crippen LogP contribution in [-0.2, 0) is 9.59 Å². The first kappa shape index (κ1) is 31.7. The Bertz CT molecular complexity index is 1530. The molecule has 43 heavy (non-hydrogen) atoms. The number of nitrogens with zero attached hydrogens (tertiary/aromatic N) is 7. The lowest BCUT2D eigenvalue weighted by Gasteiger charge is -2.41. The summed E-state index contributed by atoms with van der Waals surface area (Å²) in [6.45, 7) is 14.9. The summed E-state index contributed by atoms with van der Waals surface area (Å²) in [6.07, 6.45) is 3.49. The van der Waals surface area contributed by atoms with E-state index in [2.05, 4.69) is 26.4 Å². The number of benzene rings is 1. The van der Waals surface area contributed by atoms with Gasteiger partial charge in [-0.3, -0.25) is 19.5 Å². The van der Waals surface area contributed by atoms with E-state index in [1.54, 1.807) is 36.2 Å². The fourth-order valence-corrected chi connectivity index (χ4v) is 5.63. The average Bonchev–Trinajstić information content (AvgIpc) is 2.99. The molecule has 3 aromatic rings. The monoisotopic (exact) mass is 605 g/mol. The number of amides is 2. The largest absolute Gasteiger partial charge is 0.350 e. The highest BCUT2D eigenvalue weighted by atomic mass is 35.5. The third kappa shape index (κ3) is 6.29. The van der Waals surface area contributed by atoms with Crippen LogP contribution in [0.2, 0.25) is 5.02 Å². The maximum Gasteiger partial charge on any atom is 0.246 e. The number of hydrogen-bond donors (Lipinski definition) is 0. The first-order valence-electron chi connectivity index (χ1n) is 14.2. The third-order valence-corrected chi connectivity index (χ3v) is 7.76. The van der Waals surface area contributed by atoms with Crippen molar-refractivity contribution in [3.63, 3.8) is 0 Å². The van der Waals surface area contributed by atoms with E-state index in [-0.39, 0.29) is 45.9 Å². The quantitative estimate of drug-likeness (QED) is 0.136. The zero-order chi connectivity index (χ0) is 31.4. The second-order valence-corrected chi connectivity index (χ2v) is 11.4. The number of pyridine rings is 1. The van der Waals surface area contributed by atoms with Gasteiger partial charge in [-0.2, -0.15) is 0 Å². The van der Waals surface area contributed by atoms with Crippen molar-refractivity contribution in [1.29, 1.82) is 0 Å². The van der Waals surface area contributed by atoms with Crippen LogP contribution in [-0.4, -0.2) is 75.6 Å². The van der Waals surface area contributed by atoms with Crippen molar-refractivity contribution in [1.82, 2.24) is 24.8 Å². The summed E-state index contributed by atoms with van der Waals surface area (Å²) < 4.78 is 15.1. The predicted octanol–water partition coefficient (Wildman–Crippen LogP) is 5.97. The zero-order valence-corrected chi connectivity index (χ0v) is 26.1. The van der Waals surface area contributed by atoms with Crippen molar-refractivity contribution >= 4 is 41.3 Å². The van der Waals surface area contributed by atoms with Gasteiger partial charge in [-0.1, -0.05) is 58.0 Å². The molecule has 2 amide bonds. The van der Waals surface area contributed by atoms with E-state index >= 15 is 4.39 Å². The molecule has 1 aliphatic rings. The van der Waals surface area contributed by atoms with Crippen LogP contribution in [0.15, 0.2) is 54.3 Å². The van der Waals surface area contributed by atoms with Gasteiger partial charge >= 0.3 is 0 Å². The number of amidine groups is 1. The first-order valence-corrected chi connectivity index (χ1v) is 14.6. The minimum absolute atomic E-state index is 0.0467. The van der Waals surface area contributed by atoms with E-state index in [9.17, 15) is 9.59 Å². The molecule has 1 saturated heterocycles. The van der Waals surface area contributed by atoms with Crippen LogP contribution >= 0.6 is 11.6 Å². The number of carbonyl (C=O) groups is 2. The van der Waals surface area contributed by atoms with Crippen molar-refractivity contribution in [3.8, 4) is 11.3 Å². The summed E-state index contributed by atoms with van der Waals surface area (Å²) in [5.41, 5.74) is 2.71. The van der Waals surface area contributed by atoms with Crippen LogP contribution < -0.4 is 4.90 Å². The van der Waals surface area contributed by atoms with Gasteiger partial charge in [0.15, 0.2) is 5.82 Å². The standard InChI is InChI=1S/C32H37ClFN7O2/c1-8-26(43)39-13-14-40(21(6)16-39)31(35-7)23-15-24(33)29(22-11-9-10-12-25(22)34)38-32(23)41(18-42)30-27(19(2)3)36-17-37-28(30)20(4)5/h8-12,15,17-21H,1,13-14,16H2,2-7H3. The third-order valence-electron chi connectivity index (χ3n) is 7.47. The van der Waals surface area contributed by atoms with Crippen molar-refractivity contribution in [2.75, 3.05) is 31.6 Å². The Morgan fingerprint density at radius 3 is 2.35 bits per heavy atom. The lowest BCUT2D eigenvalue weighted by atomic mass is 10.00. The van der Waals surface area contributed by atoms with Crippen molar-refractivity contribution < 1.29 is 14.0 Å². The molecule has 1 atom stereocenters. The molecule has 1 unspecified atom stereocenters. The average molecular weight is 606 g/mol. The lowest BCUT2D eigenvalue weighted by molar-refractivity contribution is -0.128. The van der Waals surface area contributed by atoms with Gasteiger partial charge in [0, 0.05) is 38.3 Å². The number of anilines is 2. The van der Waals surface area contributed by atoms with Gasteiger partial charge in [-0.05, 0) is 43.0 Å². The Morgan fingerprint density at radius 2 is 1.81 bits per heavy atom. The van der Waals surface area contributed by atoms with Crippen molar-refractivity contribution in [2.24, 2.45) is 4.99 Å². The maximum atomic E-state index is 15.1. The molecular formula is C32H37ClFN7O2. The van der Waals surface area contributed by atoms with Crippen LogP contribution in [0.4, 0.5) is 15.9 Å². The summed E-state index contributed by atoms with van der Waals surface area (Å²) in [6, 6.07) is 7.76. The van der Waals surface area contributed by atoms with Crippen LogP contribution in [0.5, 0.6) is 0 Å². The van der Waals surface area contributed by atoms with Crippen LogP contribution in [0.1, 0.15) is 63.4 Å². The van der Waals surface area contributed by atoms with E-state index in [1.807, 2.05) is 34.6 Å². The molecule has 1 aliphatic heterocycles. The Hall–Kier alpha value is -4.18. The summed E-state index contributed by atoms with van der Waals surface area (Å²) in [5, 5.41) is 0.196. The minimum Gasteiger partial charge on any atom is -0.350 e. The van der Waals surface area contributed by atoms with Gasteiger partial charge in [-0.15, -0.1) is 0 Å². The smallest absolute Gasteiger partial charge is 0.246 e. The van der Waals surface area contributed by atoms with Crippen LogP contribution in [0.3, 0.4) is 0 Å². The van der Waals surface area contributed by atoms with Gasteiger partial charge in [-0.25, -0.2) is 19.3 Å². The molecule has 0 radical (unpaired) electrons. The van der Waals surface area contributed by atoms with Crippen LogP contribution in [0, 0.1) is 5.82 Å². The second-order valence-electron chi connectivity index (χ2n) is 11.0. The van der Waals surface area contributed by atoms with Gasteiger partial charge in [0.1, 0.15) is 18.0 Å². The van der Waals surface area contributed by atoms with Crippen LogP contribution in [0.25, 0.3) is 11.3 Å². The van der Waals surface area contributed by atoms with E-state index in [4.69, 9.17) is 16.6 Å². The first-order chi connectivity index (χ1) is 20.5. The van der Waals surface area contributed by atoms with Crippen molar-refractivity contribution in [2.45, 2.75) is 52.5 Å². The van der Waals surface area contributed by atoms with Crippen molar-refractivity contribution in [3.05, 3.63) is 77.1 Å². The van der Waals surface area contributed by atoms with Gasteiger partial charge < -0.3 is 9.80 Å². The van der Waals surface area contributed by atoms with Gasteiger partial charge in [0.05, 0.1) is 33.4 Å². The number of rotatable bonds is 8. The SMILES string of the molecule is C=CC(=O)N1CCN(C(=NC)c2cc(Cl)c(-c3ccccc3F)nc2N(C=O)c2c(C(C)C)ncnc2C(C)C)C(C)C1. The van der Waals surface area contributed by atoms with Gasteiger partial charge in [0.25, 0.3) is 0 Å². The summed E-state index contributed by atoms with van der Waals surface area (Å²) in [5.74, 6) is 0.0177. The second kappa shape index (κ2) is 13.4. The fraction of sp³-hybridized carbons (Fsp3) is 0.375. The molecule has 9 nitrogen and oxygen atoms in total. The highest BCUT2D eigenvalue weighted by Gasteiger charge is 2.33. The molecule has 0 spiro atoms. The molecule has 0 aliphatic carbocycles. The lowest BCUT2D eigenvalue weighted by Crippen LogP contribution is -2.55. The Balaban J connectivity index is 1.99. The topological polar surface area (TPSA) is 94.9 Å². The molecule has 226 valence electrons. The zero-order valence-electron chi connectivity index (χ0n) is 25.4. The van der Waals surface area contributed by atoms with E-state index in [1.165, 1.54) is 23.4 Å². The number of piperazine rings is 1. The number of aliphatic imine (C=N–C) groups is 1. The Kier molecular flexibility index (Phi) is 9.91. The maximum absolute atomic E-state index is 15.1. The molecule has 0 bridgehead atoms. The molecule has 2 aromatic heterocycles. The molecule has 1 aromatic carbocycles. The normalized spacial score (nSPS) is 15.7. The molecule has 3 heterocycles. The highest BCUT2D eigenvalue weighted by Crippen LogP contribution is 2.40. The molecule has 0 N–H and O–H groups in total. The Labute approximate surface area is 257 Å². The number of carbonyl (C=O) groups excluding carboxylic acids is 2. The molecular weight excluding hydrogens is 569 g/mol. The molecule has 1 fully saturated rings. The number of hydrogen-bond acceptors (Lipinski definition) is 6. The number of halogens is 2. The minimum atomic E-state index is -0.497. The summed E-state index contributed by atoms with van der Waals surface area (Å²) >= 11 is 6.83. The van der Waals surface area contributed by atoms with E-state index in [0.29, 0.717) is 54.5 Å². The highest BCUT2D eigenvalue weighted by molar-refractivity contribution is 6.33. The molecule has 4 rings (SSSR count). The molecule has 0 saturated carbocycles.